The van der Waals surface area contributed by atoms with Gasteiger partial charge in [-0.15, -0.1) is 10.2 Å². The van der Waals surface area contributed by atoms with Gasteiger partial charge in [0, 0.05) is 31.7 Å². The van der Waals surface area contributed by atoms with E-state index in [1.165, 1.54) is 5.56 Å². The number of piperazine rings is 1. The van der Waals surface area contributed by atoms with Crippen LogP contribution in [0.25, 0.3) is 11.5 Å². The summed E-state index contributed by atoms with van der Waals surface area (Å²) in [6.07, 6.45) is 0. The maximum atomic E-state index is 10.1. The number of nitrogens with zero attached hydrogens (tertiary/aromatic N) is 4. The van der Waals surface area contributed by atoms with Gasteiger partial charge >= 0.3 is 0 Å². The highest BCUT2D eigenvalue weighted by molar-refractivity contribution is 5.58. The van der Waals surface area contributed by atoms with Gasteiger partial charge in [0.05, 0.1) is 11.7 Å². The summed E-state index contributed by atoms with van der Waals surface area (Å²) in [7, 11) is 0. The summed E-state index contributed by atoms with van der Waals surface area (Å²) in [6.45, 7) is 7.59. The average Bonchev–Trinajstić information content (AvgIpc) is 3.18. The largest absolute Gasteiger partial charge is 0.506 e. The van der Waals surface area contributed by atoms with Crippen LogP contribution >= 0.6 is 0 Å². The molecule has 0 spiro atoms. The Hall–Kier alpha value is -2.86. The summed E-state index contributed by atoms with van der Waals surface area (Å²) in [5.41, 5.74) is 3.01. The third-order valence-corrected chi connectivity index (χ3v) is 5.15. The van der Waals surface area contributed by atoms with Crippen molar-refractivity contribution < 1.29 is 9.52 Å². The first-order valence-electron chi connectivity index (χ1n) is 9.29. The van der Waals surface area contributed by atoms with E-state index in [4.69, 9.17) is 4.42 Å². The van der Waals surface area contributed by atoms with Crippen LogP contribution in [0.3, 0.4) is 0 Å². The van der Waals surface area contributed by atoms with E-state index in [1.54, 1.807) is 6.07 Å². The van der Waals surface area contributed by atoms with Gasteiger partial charge in [0.25, 0.3) is 0 Å². The van der Waals surface area contributed by atoms with Crippen LogP contribution in [0.4, 0.5) is 5.69 Å². The molecule has 0 radical (unpaired) electrons. The standard InChI is InChI=1S/C21H24N4O2/c1-15-6-5-7-17(14-15)21-23-22-20(27-21)16(2)24-10-12-25(13-11-24)18-8-3-4-9-19(18)26/h3-9,14,16,26H,10-13H2,1-2H3/t16-/m0/s1. The van der Waals surface area contributed by atoms with Crippen molar-refractivity contribution in [3.8, 4) is 17.2 Å². The Morgan fingerprint density at radius 1 is 1.00 bits per heavy atom. The van der Waals surface area contributed by atoms with E-state index >= 15 is 0 Å². The second-order valence-corrected chi connectivity index (χ2v) is 7.00. The van der Waals surface area contributed by atoms with E-state index in [-0.39, 0.29) is 6.04 Å². The molecule has 140 valence electrons. The number of para-hydroxylation sites is 2. The lowest BCUT2D eigenvalue weighted by atomic mass is 10.1. The summed E-state index contributed by atoms with van der Waals surface area (Å²) in [4.78, 5) is 4.55. The summed E-state index contributed by atoms with van der Waals surface area (Å²) in [5.74, 6) is 1.54. The minimum Gasteiger partial charge on any atom is -0.506 e. The normalized spacial score (nSPS) is 16.4. The lowest BCUT2D eigenvalue weighted by Gasteiger charge is -2.38. The number of aryl methyl sites for hydroxylation is 1. The number of rotatable bonds is 4. The number of aromatic hydroxyl groups is 1. The highest BCUT2D eigenvalue weighted by Crippen LogP contribution is 2.29. The van der Waals surface area contributed by atoms with Gasteiger partial charge in [-0.1, -0.05) is 29.8 Å². The van der Waals surface area contributed by atoms with Crippen LogP contribution in [0.1, 0.15) is 24.4 Å². The Morgan fingerprint density at radius 2 is 1.78 bits per heavy atom. The number of hydrogen-bond donors (Lipinski definition) is 1. The first kappa shape index (κ1) is 17.5. The molecule has 6 heteroatoms. The van der Waals surface area contributed by atoms with Crippen molar-refractivity contribution in [1.29, 1.82) is 0 Å². The van der Waals surface area contributed by atoms with Crippen LogP contribution in [0.15, 0.2) is 52.9 Å². The monoisotopic (exact) mass is 364 g/mol. The Balaban J connectivity index is 1.43. The number of phenols is 1. The third-order valence-electron chi connectivity index (χ3n) is 5.15. The molecule has 3 aromatic rings. The Labute approximate surface area is 159 Å². The van der Waals surface area contributed by atoms with Crippen LogP contribution in [0, 0.1) is 6.92 Å². The number of benzene rings is 2. The smallest absolute Gasteiger partial charge is 0.247 e. The van der Waals surface area contributed by atoms with E-state index in [1.807, 2.05) is 49.4 Å². The minimum absolute atomic E-state index is 0.0579. The quantitative estimate of drug-likeness (QED) is 0.763. The average molecular weight is 364 g/mol. The minimum atomic E-state index is 0.0579. The Bertz CT molecular complexity index is 916. The summed E-state index contributed by atoms with van der Waals surface area (Å²) >= 11 is 0. The first-order chi connectivity index (χ1) is 13.1. The molecule has 0 saturated carbocycles. The van der Waals surface area contributed by atoms with Crippen LogP contribution in [0.2, 0.25) is 0 Å². The molecular formula is C21H24N4O2. The highest BCUT2D eigenvalue weighted by Gasteiger charge is 2.26. The maximum absolute atomic E-state index is 10.1. The SMILES string of the molecule is Cc1cccc(-c2nnc([C@H](C)N3CCN(c4ccccc4O)CC3)o2)c1. The number of anilines is 1. The first-order valence-corrected chi connectivity index (χ1v) is 9.29. The molecule has 1 atom stereocenters. The van der Waals surface area contributed by atoms with Crippen LogP contribution < -0.4 is 4.90 Å². The second-order valence-electron chi connectivity index (χ2n) is 7.00. The molecule has 6 nitrogen and oxygen atoms in total. The molecular weight excluding hydrogens is 340 g/mol. The molecule has 0 unspecified atom stereocenters. The zero-order valence-electron chi connectivity index (χ0n) is 15.7. The number of aromatic nitrogens is 2. The summed E-state index contributed by atoms with van der Waals surface area (Å²) < 4.78 is 5.95. The fraction of sp³-hybridized carbons (Fsp3) is 0.333. The van der Waals surface area contributed by atoms with Crippen molar-refractivity contribution in [2.45, 2.75) is 19.9 Å². The fourth-order valence-corrected chi connectivity index (χ4v) is 3.54. The van der Waals surface area contributed by atoms with Gasteiger partial charge < -0.3 is 14.4 Å². The van der Waals surface area contributed by atoms with Crippen molar-refractivity contribution in [2.24, 2.45) is 0 Å². The molecule has 2 heterocycles. The van der Waals surface area contributed by atoms with E-state index in [0.717, 1.165) is 37.4 Å². The predicted molar refractivity (Wildman–Crippen MR) is 105 cm³/mol. The van der Waals surface area contributed by atoms with Gasteiger partial charge in [0.2, 0.25) is 11.8 Å². The van der Waals surface area contributed by atoms with E-state index in [2.05, 4.69) is 26.9 Å². The van der Waals surface area contributed by atoms with Gasteiger partial charge in [-0.3, -0.25) is 4.90 Å². The maximum Gasteiger partial charge on any atom is 0.247 e. The third kappa shape index (κ3) is 3.66. The molecule has 4 rings (SSSR count). The molecule has 1 saturated heterocycles. The number of phenolic OH excluding ortho intramolecular Hbond substituents is 1. The van der Waals surface area contributed by atoms with Gasteiger partial charge in [-0.05, 0) is 38.1 Å². The predicted octanol–water partition coefficient (Wildman–Crippen LogP) is 3.63. The Morgan fingerprint density at radius 3 is 2.52 bits per heavy atom. The van der Waals surface area contributed by atoms with Gasteiger partial charge in [-0.25, -0.2) is 0 Å². The molecule has 0 aliphatic carbocycles. The van der Waals surface area contributed by atoms with Crippen molar-refractivity contribution >= 4 is 5.69 Å². The summed E-state index contributed by atoms with van der Waals surface area (Å²) in [5, 5.41) is 18.6. The van der Waals surface area contributed by atoms with Crippen LogP contribution in [-0.2, 0) is 0 Å². The molecule has 2 aromatic carbocycles. The van der Waals surface area contributed by atoms with Crippen molar-refractivity contribution in [3.05, 3.63) is 60.0 Å². The molecule has 1 N–H and O–H groups in total. The van der Waals surface area contributed by atoms with E-state index in [0.29, 0.717) is 17.5 Å². The second kappa shape index (κ2) is 7.40. The molecule has 1 fully saturated rings. The fourth-order valence-electron chi connectivity index (χ4n) is 3.54. The lowest BCUT2D eigenvalue weighted by molar-refractivity contribution is 0.173. The molecule has 0 bridgehead atoms. The molecule has 1 aromatic heterocycles. The van der Waals surface area contributed by atoms with Crippen LogP contribution in [-0.4, -0.2) is 46.4 Å². The van der Waals surface area contributed by atoms with Gasteiger partial charge in [0.15, 0.2) is 0 Å². The van der Waals surface area contributed by atoms with Crippen molar-refractivity contribution in [2.75, 3.05) is 31.1 Å². The molecule has 0 amide bonds. The van der Waals surface area contributed by atoms with E-state index < -0.39 is 0 Å². The van der Waals surface area contributed by atoms with Crippen molar-refractivity contribution in [1.82, 2.24) is 15.1 Å². The van der Waals surface area contributed by atoms with Crippen LogP contribution in [0.5, 0.6) is 5.75 Å². The van der Waals surface area contributed by atoms with Gasteiger partial charge in [0.1, 0.15) is 5.75 Å². The van der Waals surface area contributed by atoms with Crippen molar-refractivity contribution in [3.63, 3.8) is 0 Å². The number of hydrogen-bond acceptors (Lipinski definition) is 6. The molecule has 1 aliphatic heterocycles. The Kier molecular flexibility index (Phi) is 4.81. The summed E-state index contributed by atoms with van der Waals surface area (Å²) in [6, 6.07) is 15.6. The topological polar surface area (TPSA) is 65.6 Å². The lowest BCUT2D eigenvalue weighted by Crippen LogP contribution is -2.47. The zero-order chi connectivity index (χ0) is 18.8. The zero-order valence-corrected chi connectivity index (χ0v) is 15.7. The van der Waals surface area contributed by atoms with E-state index in [9.17, 15) is 5.11 Å². The van der Waals surface area contributed by atoms with Gasteiger partial charge in [-0.2, -0.15) is 0 Å². The molecule has 27 heavy (non-hydrogen) atoms. The molecule has 1 aliphatic rings. The highest BCUT2D eigenvalue weighted by atomic mass is 16.4.